The molecule has 2 amide bonds. The molecule has 7 nitrogen and oxygen atoms in total. The highest BCUT2D eigenvalue weighted by molar-refractivity contribution is 7.92. The van der Waals surface area contributed by atoms with Crippen molar-refractivity contribution in [3.63, 3.8) is 0 Å². The number of anilines is 1. The molecule has 0 aliphatic rings. The number of hydrogen-bond donors (Lipinski definition) is 1. The van der Waals surface area contributed by atoms with Crippen LogP contribution in [0, 0.1) is 13.8 Å². The lowest BCUT2D eigenvalue weighted by Gasteiger charge is -2.34. The largest absolute Gasteiger partial charge is 0.354 e. The fourth-order valence-electron chi connectivity index (χ4n) is 5.00. The number of sulfonamides is 1. The van der Waals surface area contributed by atoms with Crippen molar-refractivity contribution in [2.75, 3.05) is 17.4 Å². The Morgan fingerprint density at radius 1 is 0.804 bits per heavy atom. The van der Waals surface area contributed by atoms with Crippen molar-refractivity contribution in [3.8, 4) is 0 Å². The third-order valence-electron chi connectivity index (χ3n) is 7.60. The number of unbranched alkanes of at least 4 members (excludes halogenated alkanes) is 1. The minimum Gasteiger partial charge on any atom is -0.354 e. The van der Waals surface area contributed by atoms with E-state index in [9.17, 15) is 18.0 Å². The molecule has 4 aromatic carbocycles. The van der Waals surface area contributed by atoms with E-state index < -0.39 is 28.5 Å². The maximum atomic E-state index is 14.5. The molecule has 0 heterocycles. The van der Waals surface area contributed by atoms with E-state index in [0.717, 1.165) is 39.4 Å². The van der Waals surface area contributed by atoms with Crippen LogP contribution in [-0.2, 0) is 32.6 Å². The van der Waals surface area contributed by atoms with Crippen molar-refractivity contribution < 1.29 is 18.0 Å². The second-order valence-electron chi connectivity index (χ2n) is 11.3. The second kappa shape index (κ2) is 16.1. The van der Waals surface area contributed by atoms with Crippen LogP contribution >= 0.6 is 23.2 Å². The quantitative estimate of drug-likeness (QED) is 0.141. The zero-order valence-corrected chi connectivity index (χ0v) is 28.6. The van der Waals surface area contributed by atoms with Gasteiger partial charge in [-0.1, -0.05) is 114 Å². The van der Waals surface area contributed by atoms with Crippen LogP contribution in [0.15, 0.2) is 102 Å². The number of carbonyl (C=O) groups excluding carboxylic acids is 2. The van der Waals surface area contributed by atoms with Gasteiger partial charge in [0.05, 0.1) is 10.6 Å². The van der Waals surface area contributed by atoms with Gasteiger partial charge in [-0.25, -0.2) is 8.42 Å². The minimum atomic E-state index is -4.27. The standard InChI is InChI=1S/C36H39Cl2N3O4S/c1-4-5-19-39-36(43)34(20-28-9-7-6-8-10-28)40(24-29-15-11-26(2)12-16-29)35(42)25-41(32-22-30(37)21-31(38)23-32)46(44,45)33-17-13-27(3)14-18-33/h6-18,21-23,34H,4-5,19-20,24-25H2,1-3H3,(H,39,43). The Hall–Kier alpha value is -3.85. The fraction of sp³-hybridized carbons (Fsp3) is 0.278. The molecule has 4 aromatic rings. The van der Waals surface area contributed by atoms with Gasteiger partial charge in [-0.3, -0.25) is 13.9 Å². The number of amides is 2. The fourth-order valence-corrected chi connectivity index (χ4v) is 6.91. The van der Waals surface area contributed by atoms with Crippen LogP contribution in [0.25, 0.3) is 0 Å². The van der Waals surface area contributed by atoms with E-state index in [1.165, 1.54) is 35.2 Å². The number of nitrogens with zero attached hydrogens (tertiary/aromatic N) is 2. The van der Waals surface area contributed by atoms with Crippen LogP contribution in [0.4, 0.5) is 5.69 Å². The summed E-state index contributed by atoms with van der Waals surface area (Å²) in [6.07, 6.45) is 1.92. The summed E-state index contributed by atoms with van der Waals surface area (Å²) in [5, 5.41) is 3.43. The molecule has 46 heavy (non-hydrogen) atoms. The monoisotopic (exact) mass is 679 g/mol. The van der Waals surface area contributed by atoms with E-state index in [1.807, 2.05) is 75.4 Å². The molecule has 1 unspecified atom stereocenters. The Kier molecular flexibility index (Phi) is 12.3. The summed E-state index contributed by atoms with van der Waals surface area (Å²) in [5.41, 5.74) is 3.74. The van der Waals surface area contributed by atoms with Crippen molar-refractivity contribution in [1.29, 1.82) is 0 Å². The zero-order valence-electron chi connectivity index (χ0n) is 26.2. The second-order valence-corrected chi connectivity index (χ2v) is 14.0. The summed E-state index contributed by atoms with van der Waals surface area (Å²) in [7, 11) is -4.27. The first-order valence-electron chi connectivity index (χ1n) is 15.2. The summed E-state index contributed by atoms with van der Waals surface area (Å²) in [6.45, 7) is 5.82. The van der Waals surface area contributed by atoms with E-state index in [0.29, 0.717) is 6.54 Å². The molecule has 10 heteroatoms. The predicted octanol–water partition coefficient (Wildman–Crippen LogP) is 7.36. The smallest absolute Gasteiger partial charge is 0.264 e. The lowest BCUT2D eigenvalue weighted by Crippen LogP contribution is -2.53. The van der Waals surface area contributed by atoms with Crippen LogP contribution in [0.3, 0.4) is 0 Å². The predicted molar refractivity (Wildman–Crippen MR) is 186 cm³/mol. The van der Waals surface area contributed by atoms with Gasteiger partial charge in [0.2, 0.25) is 11.8 Å². The molecule has 0 saturated heterocycles. The van der Waals surface area contributed by atoms with Crippen LogP contribution in [0.5, 0.6) is 0 Å². The van der Waals surface area contributed by atoms with Crippen LogP contribution in [0.1, 0.15) is 42.0 Å². The summed E-state index contributed by atoms with van der Waals surface area (Å²) in [6, 6.07) is 27.0. The van der Waals surface area contributed by atoms with Gasteiger partial charge in [0.25, 0.3) is 10.0 Å². The van der Waals surface area contributed by atoms with E-state index in [4.69, 9.17) is 23.2 Å². The molecule has 1 N–H and O–H groups in total. The minimum absolute atomic E-state index is 0.00484. The molecule has 0 aromatic heterocycles. The first-order chi connectivity index (χ1) is 22.0. The van der Waals surface area contributed by atoms with Crippen molar-refractivity contribution in [1.82, 2.24) is 10.2 Å². The van der Waals surface area contributed by atoms with Gasteiger partial charge >= 0.3 is 0 Å². The van der Waals surface area contributed by atoms with Crippen LogP contribution in [0.2, 0.25) is 10.0 Å². The molecule has 0 fully saturated rings. The molecule has 4 rings (SSSR count). The van der Waals surface area contributed by atoms with E-state index >= 15 is 0 Å². The van der Waals surface area contributed by atoms with Crippen LogP contribution in [-0.4, -0.2) is 44.3 Å². The molecular formula is C36H39Cl2N3O4S. The third kappa shape index (κ3) is 9.34. The van der Waals surface area contributed by atoms with Crippen molar-refractivity contribution in [2.24, 2.45) is 0 Å². The van der Waals surface area contributed by atoms with E-state index in [1.54, 1.807) is 12.1 Å². The maximum Gasteiger partial charge on any atom is 0.264 e. The van der Waals surface area contributed by atoms with Gasteiger partial charge < -0.3 is 10.2 Å². The summed E-state index contributed by atoms with van der Waals surface area (Å²) in [5.74, 6) is -0.865. The maximum absolute atomic E-state index is 14.5. The number of nitrogens with one attached hydrogen (secondary N) is 1. The molecule has 242 valence electrons. The number of halogens is 2. The van der Waals surface area contributed by atoms with E-state index in [-0.39, 0.29) is 39.5 Å². The van der Waals surface area contributed by atoms with Crippen LogP contribution < -0.4 is 9.62 Å². The molecule has 0 spiro atoms. The van der Waals surface area contributed by atoms with Gasteiger partial charge in [-0.15, -0.1) is 0 Å². The first-order valence-corrected chi connectivity index (χ1v) is 17.4. The van der Waals surface area contributed by atoms with Gasteiger partial charge in [0, 0.05) is 29.6 Å². The van der Waals surface area contributed by atoms with Gasteiger partial charge in [-0.05, 0) is 61.7 Å². The van der Waals surface area contributed by atoms with Crippen molar-refractivity contribution in [3.05, 3.63) is 129 Å². The zero-order chi connectivity index (χ0) is 33.3. The number of hydrogen-bond acceptors (Lipinski definition) is 4. The molecule has 0 saturated carbocycles. The third-order valence-corrected chi connectivity index (χ3v) is 9.82. The van der Waals surface area contributed by atoms with E-state index in [2.05, 4.69) is 5.32 Å². The van der Waals surface area contributed by atoms with Gasteiger partial charge in [0.15, 0.2) is 0 Å². The molecule has 1 atom stereocenters. The number of aryl methyl sites for hydroxylation is 2. The summed E-state index contributed by atoms with van der Waals surface area (Å²) < 4.78 is 29.4. The van der Waals surface area contributed by atoms with Crippen molar-refractivity contribution >= 4 is 50.7 Å². The Labute approximate surface area is 282 Å². The highest BCUT2D eigenvalue weighted by atomic mass is 35.5. The summed E-state index contributed by atoms with van der Waals surface area (Å²) in [4.78, 5) is 29.9. The highest BCUT2D eigenvalue weighted by Gasteiger charge is 2.34. The number of benzene rings is 4. The molecular weight excluding hydrogens is 641 g/mol. The average molecular weight is 681 g/mol. The normalized spacial score (nSPS) is 11.9. The summed E-state index contributed by atoms with van der Waals surface area (Å²) >= 11 is 12.6. The molecule has 0 aliphatic carbocycles. The topological polar surface area (TPSA) is 86.8 Å². The average Bonchev–Trinajstić information content (AvgIpc) is 3.02. The SMILES string of the molecule is CCCCNC(=O)C(Cc1ccccc1)N(Cc1ccc(C)cc1)C(=O)CN(c1cc(Cl)cc(Cl)c1)S(=O)(=O)c1ccc(C)cc1. The highest BCUT2D eigenvalue weighted by Crippen LogP contribution is 2.30. The first kappa shape index (κ1) is 35.0. The Bertz CT molecular complexity index is 1710. The molecule has 0 aliphatic heterocycles. The van der Waals surface area contributed by atoms with Gasteiger partial charge in [-0.2, -0.15) is 0 Å². The van der Waals surface area contributed by atoms with Crippen molar-refractivity contribution in [2.45, 2.75) is 57.5 Å². The number of carbonyl (C=O) groups is 2. The lowest BCUT2D eigenvalue weighted by molar-refractivity contribution is -0.140. The Morgan fingerprint density at radius 3 is 1.98 bits per heavy atom. The Balaban J connectivity index is 1.81. The molecule has 0 radical (unpaired) electrons. The van der Waals surface area contributed by atoms with Gasteiger partial charge in [0.1, 0.15) is 12.6 Å². The lowest BCUT2D eigenvalue weighted by atomic mass is 10.0. The Morgan fingerprint density at radius 2 is 1.39 bits per heavy atom. The molecule has 0 bridgehead atoms. The number of rotatable bonds is 14.